The number of nitrogens with one attached hydrogen (secondary N) is 1. The third kappa shape index (κ3) is 4.83. The summed E-state index contributed by atoms with van der Waals surface area (Å²) in [6.45, 7) is 3.68. The Balaban J connectivity index is 1.90. The van der Waals surface area contributed by atoms with Gasteiger partial charge in [-0.1, -0.05) is 37.3 Å². The van der Waals surface area contributed by atoms with Gasteiger partial charge in [0.2, 0.25) is 0 Å². The molecule has 4 nitrogen and oxygen atoms in total. The summed E-state index contributed by atoms with van der Waals surface area (Å²) in [7, 11) is 1.44. The van der Waals surface area contributed by atoms with Crippen molar-refractivity contribution < 1.29 is 14.3 Å². The van der Waals surface area contributed by atoms with Gasteiger partial charge in [-0.05, 0) is 30.7 Å². The molecule has 0 radical (unpaired) electrons. The maximum Gasteiger partial charge on any atom is 0.322 e. The molecule has 1 fully saturated rings. The summed E-state index contributed by atoms with van der Waals surface area (Å²) in [5.41, 5.74) is 1.24. The fourth-order valence-electron chi connectivity index (χ4n) is 2.76. The van der Waals surface area contributed by atoms with Crippen molar-refractivity contribution in [3.63, 3.8) is 0 Å². The zero-order valence-electron chi connectivity index (χ0n) is 12.9. The average molecular weight is 291 g/mol. The first kappa shape index (κ1) is 16.0. The minimum Gasteiger partial charge on any atom is -0.468 e. The van der Waals surface area contributed by atoms with Crippen LogP contribution in [-0.2, 0) is 14.3 Å². The number of hydrogen-bond donors (Lipinski definition) is 1. The van der Waals surface area contributed by atoms with Gasteiger partial charge in [0.05, 0.1) is 13.2 Å². The highest BCUT2D eigenvalue weighted by Crippen LogP contribution is 2.21. The van der Waals surface area contributed by atoms with Gasteiger partial charge in [-0.2, -0.15) is 0 Å². The van der Waals surface area contributed by atoms with Crippen LogP contribution in [0.15, 0.2) is 30.3 Å². The first-order chi connectivity index (χ1) is 10.2. The average Bonchev–Trinajstić information content (AvgIpc) is 3.04. The Morgan fingerprint density at radius 3 is 2.81 bits per heavy atom. The number of carbonyl (C=O) groups is 1. The largest absolute Gasteiger partial charge is 0.468 e. The van der Waals surface area contributed by atoms with E-state index in [4.69, 9.17) is 9.47 Å². The van der Waals surface area contributed by atoms with Crippen molar-refractivity contribution in [2.24, 2.45) is 0 Å². The van der Waals surface area contributed by atoms with E-state index in [-0.39, 0.29) is 18.1 Å². The molecular formula is C17H25NO3. The highest BCUT2D eigenvalue weighted by atomic mass is 16.5. The van der Waals surface area contributed by atoms with E-state index in [1.54, 1.807) is 0 Å². The molecule has 116 valence electrons. The van der Waals surface area contributed by atoms with Crippen molar-refractivity contribution in [2.75, 3.05) is 20.3 Å². The van der Waals surface area contributed by atoms with Gasteiger partial charge < -0.3 is 14.8 Å². The Hall–Kier alpha value is -1.39. The van der Waals surface area contributed by atoms with Gasteiger partial charge in [0, 0.05) is 13.2 Å². The summed E-state index contributed by atoms with van der Waals surface area (Å²) in [6.07, 6.45) is 3.12. The Kier molecular flexibility index (Phi) is 6.21. The molecule has 1 aromatic carbocycles. The zero-order chi connectivity index (χ0) is 15.1. The summed E-state index contributed by atoms with van der Waals surface area (Å²) in [6, 6.07) is 9.97. The molecule has 3 atom stereocenters. The van der Waals surface area contributed by atoms with Crippen molar-refractivity contribution in [2.45, 2.75) is 44.2 Å². The van der Waals surface area contributed by atoms with Crippen LogP contribution < -0.4 is 5.32 Å². The molecule has 1 N–H and O–H groups in total. The smallest absolute Gasteiger partial charge is 0.322 e. The van der Waals surface area contributed by atoms with E-state index in [0.717, 1.165) is 25.9 Å². The molecule has 21 heavy (non-hydrogen) atoms. The zero-order valence-corrected chi connectivity index (χ0v) is 12.9. The SMILES string of the molecule is COC(=O)C(CC(C)c1ccccc1)NCC1CCCO1. The number of methoxy groups -OCH3 is 1. The van der Waals surface area contributed by atoms with Gasteiger partial charge in [0.25, 0.3) is 0 Å². The number of ether oxygens (including phenoxy) is 2. The Bertz CT molecular complexity index is 429. The highest BCUT2D eigenvalue weighted by Gasteiger charge is 2.24. The molecule has 1 aliphatic heterocycles. The second-order valence-corrected chi connectivity index (χ2v) is 5.67. The second kappa shape index (κ2) is 8.15. The molecule has 0 spiro atoms. The lowest BCUT2D eigenvalue weighted by atomic mass is 9.94. The van der Waals surface area contributed by atoms with E-state index < -0.39 is 0 Å². The molecule has 2 rings (SSSR count). The van der Waals surface area contributed by atoms with Crippen LogP contribution in [0.2, 0.25) is 0 Å². The predicted molar refractivity (Wildman–Crippen MR) is 82.3 cm³/mol. The van der Waals surface area contributed by atoms with Gasteiger partial charge in [-0.3, -0.25) is 4.79 Å². The number of esters is 1. The summed E-state index contributed by atoms with van der Waals surface area (Å²) < 4.78 is 10.5. The van der Waals surface area contributed by atoms with E-state index in [1.165, 1.54) is 12.7 Å². The standard InChI is InChI=1S/C17H25NO3/c1-13(14-7-4-3-5-8-14)11-16(17(19)20-2)18-12-15-9-6-10-21-15/h3-5,7-8,13,15-16,18H,6,9-12H2,1-2H3. The van der Waals surface area contributed by atoms with Crippen LogP contribution in [0.3, 0.4) is 0 Å². The van der Waals surface area contributed by atoms with E-state index in [1.807, 2.05) is 18.2 Å². The van der Waals surface area contributed by atoms with E-state index >= 15 is 0 Å². The Labute approximate surface area is 126 Å². The lowest BCUT2D eigenvalue weighted by Crippen LogP contribution is -2.42. The van der Waals surface area contributed by atoms with Crippen LogP contribution in [0.1, 0.15) is 37.7 Å². The number of rotatable bonds is 7. The van der Waals surface area contributed by atoms with Gasteiger partial charge in [0.15, 0.2) is 0 Å². The molecular weight excluding hydrogens is 266 g/mol. The number of carbonyl (C=O) groups excluding carboxylic acids is 1. The normalized spacial score (nSPS) is 21.0. The minimum absolute atomic E-state index is 0.198. The van der Waals surface area contributed by atoms with Gasteiger partial charge in [0.1, 0.15) is 6.04 Å². The summed E-state index contributed by atoms with van der Waals surface area (Å²) in [5.74, 6) is 0.100. The molecule has 3 unspecified atom stereocenters. The van der Waals surface area contributed by atoms with Gasteiger partial charge >= 0.3 is 5.97 Å². The molecule has 1 aliphatic rings. The maximum atomic E-state index is 12.0. The Morgan fingerprint density at radius 2 is 2.19 bits per heavy atom. The first-order valence-electron chi connectivity index (χ1n) is 7.68. The Morgan fingerprint density at radius 1 is 1.43 bits per heavy atom. The lowest BCUT2D eigenvalue weighted by molar-refractivity contribution is -0.143. The fraction of sp³-hybridized carbons (Fsp3) is 0.588. The van der Waals surface area contributed by atoms with E-state index in [0.29, 0.717) is 12.5 Å². The van der Waals surface area contributed by atoms with Crippen molar-refractivity contribution in [1.82, 2.24) is 5.32 Å². The van der Waals surface area contributed by atoms with Crippen LogP contribution in [0.4, 0.5) is 0 Å². The predicted octanol–water partition coefficient (Wildman–Crippen LogP) is 2.49. The third-order valence-electron chi connectivity index (χ3n) is 4.06. The maximum absolute atomic E-state index is 12.0. The van der Waals surface area contributed by atoms with Crippen LogP contribution in [0.25, 0.3) is 0 Å². The summed E-state index contributed by atoms with van der Waals surface area (Å²) >= 11 is 0. The van der Waals surface area contributed by atoms with Crippen LogP contribution in [0.5, 0.6) is 0 Å². The van der Waals surface area contributed by atoms with Crippen LogP contribution in [0, 0.1) is 0 Å². The van der Waals surface area contributed by atoms with Crippen LogP contribution >= 0.6 is 0 Å². The molecule has 0 aliphatic carbocycles. The highest BCUT2D eigenvalue weighted by molar-refractivity contribution is 5.75. The summed E-state index contributed by atoms with van der Waals surface area (Å²) in [5, 5.41) is 3.31. The molecule has 0 bridgehead atoms. The lowest BCUT2D eigenvalue weighted by Gasteiger charge is -2.22. The third-order valence-corrected chi connectivity index (χ3v) is 4.06. The monoisotopic (exact) mass is 291 g/mol. The number of hydrogen-bond acceptors (Lipinski definition) is 4. The number of benzene rings is 1. The van der Waals surface area contributed by atoms with Crippen molar-refractivity contribution >= 4 is 5.97 Å². The van der Waals surface area contributed by atoms with E-state index in [9.17, 15) is 4.79 Å². The quantitative estimate of drug-likeness (QED) is 0.784. The minimum atomic E-state index is -0.283. The molecule has 0 aromatic heterocycles. The van der Waals surface area contributed by atoms with Crippen molar-refractivity contribution in [1.29, 1.82) is 0 Å². The molecule has 0 amide bonds. The van der Waals surface area contributed by atoms with E-state index in [2.05, 4.69) is 24.4 Å². The second-order valence-electron chi connectivity index (χ2n) is 5.67. The molecule has 1 heterocycles. The first-order valence-corrected chi connectivity index (χ1v) is 7.68. The molecule has 0 saturated carbocycles. The van der Waals surface area contributed by atoms with Crippen molar-refractivity contribution in [3.8, 4) is 0 Å². The molecule has 4 heteroatoms. The summed E-state index contributed by atoms with van der Waals surface area (Å²) in [4.78, 5) is 12.0. The van der Waals surface area contributed by atoms with Gasteiger partial charge in [-0.25, -0.2) is 0 Å². The van der Waals surface area contributed by atoms with Crippen LogP contribution in [-0.4, -0.2) is 38.4 Å². The van der Waals surface area contributed by atoms with Gasteiger partial charge in [-0.15, -0.1) is 0 Å². The fourth-order valence-corrected chi connectivity index (χ4v) is 2.76. The molecule has 1 aromatic rings. The van der Waals surface area contributed by atoms with Crippen molar-refractivity contribution in [3.05, 3.63) is 35.9 Å². The molecule has 1 saturated heterocycles. The topological polar surface area (TPSA) is 47.6 Å².